The number of hydrogen-bond acceptors (Lipinski definition) is 3. The van der Waals surface area contributed by atoms with Crippen LogP contribution in [0, 0.1) is 0 Å². The molecule has 34 valence electrons. The van der Waals surface area contributed by atoms with Gasteiger partial charge < -0.3 is 1.43 Å². The fraction of sp³-hybridized carbons (Fsp3) is 0. The van der Waals surface area contributed by atoms with Crippen molar-refractivity contribution in [1.29, 1.82) is 0 Å². The van der Waals surface area contributed by atoms with E-state index in [0.717, 1.165) is 0 Å². The van der Waals surface area contributed by atoms with Gasteiger partial charge in [-0.3, -0.25) is 0 Å². The van der Waals surface area contributed by atoms with Gasteiger partial charge in [0.25, 0.3) is 0 Å². The van der Waals surface area contributed by atoms with Gasteiger partial charge in [0, 0.05) is 0 Å². The predicted molar refractivity (Wildman–Crippen MR) is 25.5 cm³/mol. The van der Waals surface area contributed by atoms with Crippen LogP contribution in [0.25, 0.3) is 0 Å². The summed E-state index contributed by atoms with van der Waals surface area (Å²) in [6.45, 7) is 0. The summed E-state index contributed by atoms with van der Waals surface area (Å²) in [5, 5.41) is 6.91. The third kappa shape index (κ3) is 2.33. The summed E-state index contributed by atoms with van der Waals surface area (Å²) in [5.41, 5.74) is 0. The van der Waals surface area contributed by atoms with Crippen molar-refractivity contribution in [1.82, 2.24) is 14.4 Å². The molecule has 7 heavy (non-hydrogen) atoms. The van der Waals surface area contributed by atoms with Crippen LogP contribution in [0.1, 0.15) is 1.43 Å². The maximum absolute atomic E-state index is 3.78. The normalized spacial score (nSPS) is 7.57. The zero-order valence-electron chi connectivity index (χ0n) is 4.94. The number of rotatable bonds is 0. The molecule has 0 aliphatic carbocycles. The second kappa shape index (κ2) is 3.49. The predicted octanol–water partition coefficient (Wildman–Crippen LogP) is -2.91. The second-order valence-corrected chi connectivity index (χ2v) is 1.23. The minimum atomic E-state index is 0. The summed E-state index contributed by atoms with van der Waals surface area (Å²) < 4.78 is 1.33. The van der Waals surface area contributed by atoms with Gasteiger partial charge in [-0.1, -0.05) is 5.21 Å². The molecule has 0 fully saturated rings. The molecule has 0 unspecified atom stereocenters. The van der Waals surface area contributed by atoms with E-state index in [1.807, 2.05) is 0 Å². The smallest absolute Gasteiger partial charge is 1.00 e. The van der Waals surface area contributed by atoms with Crippen LogP contribution in [0.15, 0.2) is 12.4 Å². The Balaban J connectivity index is 0. The van der Waals surface area contributed by atoms with E-state index in [4.69, 9.17) is 0 Å². The van der Waals surface area contributed by atoms with Gasteiger partial charge in [-0.15, -0.1) is 5.10 Å². The average molecular weight is 125 g/mol. The molecule has 1 aromatic heterocycles. The molecule has 0 N–H and O–H groups in total. The van der Waals surface area contributed by atoms with E-state index < -0.39 is 0 Å². The Morgan fingerprint density at radius 1 is 1.71 bits per heavy atom. The van der Waals surface area contributed by atoms with Gasteiger partial charge in [0.2, 0.25) is 0 Å². The monoisotopic (exact) mass is 125 g/mol. The van der Waals surface area contributed by atoms with Crippen molar-refractivity contribution >= 4 is 12.8 Å². The molecule has 0 aliphatic heterocycles. The number of hydrogen-bond donors (Lipinski definition) is 1. The molecule has 0 spiro atoms. The van der Waals surface area contributed by atoms with Crippen molar-refractivity contribution < 1.29 is 31.0 Å². The minimum absolute atomic E-state index is 0. The van der Waals surface area contributed by atoms with Gasteiger partial charge >= 0.3 is 29.6 Å². The molecule has 0 saturated carbocycles. The largest absolute Gasteiger partial charge is 1.00 e. The molecule has 0 saturated heterocycles. The van der Waals surface area contributed by atoms with Crippen LogP contribution >= 0.6 is 12.8 Å². The molecule has 0 aromatic carbocycles. The summed E-state index contributed by atoms with van der Waals surface area (Å²) in [5.74, 6) is 0. The molecule has 0 atom stereocenters. The van der Waals surface area contributed by atoms with Gasteiger partial charge in [0.1, 0.15) is 0 Å². The van der Waals surface area contributed by atoms with Crippen LogP contribution in [0.5, 0.6) is 0 Å². The Hall–Kier alpha value is 0.490. The zero-order valence-corrected chi connectivity index (χ0v) is 6.84. The summed E-state index contributed by atoms with van der Waals surface area (Å²) in [4.78, 5) is 0. The number of aromatic nitrogens is 3. The van der Waals surface area contributed by atoms with E-state index >= 15 is 0 Å². The number of thiol groups is 1. The molecule has 0 aliphatic rings. The zero-order chi connectivity index (χ0) is 4.41. The first-order valence-electron chi connectivity index (χ1n) is 1.45. The maximum atomic E-state index is 3.78. The first-order chi connectivity index (χ1) is 2.89. The summed E-state index contributed by atoms with van der Waals surface area (Å²) in [7, 11) is 0. The molecule has 1 heterocycles. The Labute approximate surface area is 70.4 Å². The van der Waals surface area contributed by atoms with E-state index in [-0.39, 0.29) is 31.0 Å². The van der Waals surface area contributed by atoms with Crippen LogP contribution in [0.4, 0.5) is 0 Å². The average Bonchev–Trinajstić information content (AvgIpc) is 1.86. The topological polar surface area (TPSA) is 30.7 Å². The van der Waals surface area contributed by atoms with Crippen molar-refractivity contribution in [2.45, 2.75) is 0 Å². The summed E-state index contributed by atoms with van der Waals surface area (Å²) in [6.07, 6.45) is 3.20. The Morgan fingerprint density at radius 3 is 2.57 bits per heavy atom. The van der Waals surface area contributed by atoms with E-state index in [2.05, 4.69) is 23.1 Å². The molecule has 0 bridgehead atoms. The number of nitrogens with zero attached hydrogens (tertiary/aromatic N) is 3. The van der Waals surface area contributed by atoms with Gasteiger partial charge in [-0.25, -0.2) is 0 Å². The van der Waals surface area contributed by atoms with Gasteiger partial charge in [0.15, 0.2) is 0 Å². The third-order valence-electron chi connectivity index (χ3n) is 0.410. The molecule has 0 radical (unpaired) electrons. The molecule has 5 heteroatoms. The van der Waals surface area contributed by atoms with Crippen molar-refractivity contribution in [3.63, 3.8) is 0 Å². The van der Waals surface area contributed by atoms with Gasteiger partial charge in [0.05, 0.1) is 12.4 Å². The molecule has 3 nitrogen and oxygen atoms in total. The molecular weight excluding hydrogens is 121 g/mol. The van der Waals surface area contributed by atoms with E-state index in [9.17, 15) is 0 Å². The quantitative estimate of drug-likeness (QED) is 0.297. The van der Waals surface area contributed by atoms with Crippen LogP contribution in [-0.2, 0) is 0 Å². The van der Waals surface area contributed by atoms with E-state index in [0.29, 0.717) is 0 Å². The second-order valence-electron chi connectivity index (χ2n) is 0.823. The molecule has 0 amide bonds. The first-order valence-corrected chi connectivity index (χ1v) is 1.85. The summed E-state index contributed by atoms with van der Waals surface area (Å²) in [6, 6.07) is 0. The Kier molecular flexibility index (Phi) is 3.73. The SMILES string of the molecule is Sn1ccnn1.[H-].[Na+]. The Bertz CT molecular complexity index is 121. The van der Waals surface area contributed by atoms with Crippen molar-refractivity contribution in [3.8, 4) is 0 Å². The van der Waals surface area contributed by atoms with Gasteiger partial charge in [-0.2, -0.15) is 4.09 Å². The minimum Gasteiger partial charge on any atom is -1.00 e. The summed E-state index contributed by atoms with van der Waals surface area (Å²) >= 11 is 3.78. The molecular formula is C2H4N3NaS. The molecule has 1 rings (SSSR count). The third-order valence-corrected chi connectivity index (χ3v) is 0.623. The fourth-order valence-electron chi connectivity index (χ4n) is 0.202. The standard InChI is InChI=1S/C2H3N3S.Na.H/c6-5-2-1-3-4-5;;/h1-2,6H;;/q;+1;-1. The van der Waals surface area contributed by atoms with Crippen LogP contribution in [0.3, 0.4) is 0 Å². The maximum Gasteiger partial charge on any atom is 1.00 e. The van der Waals surface area contributed by atoms with Crippen LogP contribution in [0.2, 0.25) is 0 Å². The van der Waals surface area contributed by atoms with E-state index in [1.165, 1.54) is 4.09 Å². The Morgan fingerprint density at radius 2 is 2.43 bits per heavy atom. The van der Waals surface area contributed by atoms with Crippen molar-refractivity contribution in [3.05, 3.63) is 12.4 Å². The van der Waals surface area contributed by atoms with Crippen LogP contribution in [-0.4, -0.2) is 14.4 Å². The van der Waals surface area contributed by atoms with Crippen molar-refractivity contribution in [2.75, 3.05) is 0 Å². The van der Waals surface area contributed by atoms with Gasteiger partial charge in [-0.05, 0) is 12.8 Å². The molecule has 1 aromatic rings. The van der Waals surface area contributed by atoms with Crippen LogP contribution < -0.4 is 29.6 Å². The first kappa shape index (κ1) is 7.49. The van der Waals surface area contributed by atoms with E-state index in [1.54, 1.807) is 12.4 Å². The van der Waals surface area contributed by atoms with Crippen molar-refractivity contribution in [2.24, 2.45) is 0 Å². The fourth-order valence-corrected chi connectivity index (χ4v) is 0.308.